The molecule has 1 atom stereocenters. The number of sulfone groups is 1. The number of amides is 2. The fraction of sp³-hybridized carbons (Fsp3) is 0.500. The van der Waals surface area contributed by atoms with E-state index in [0.717, 1.165) is 16.6 Å². The summed E-state index contributed by atoms with van der Waals surface area (Å²) in [5.41, 5.74) is 1.85. The number of benzene rings is 1. The number of aromatic nitrogens is 2. The van der Waals surface area contributed by atoms with E-state index in [2.05, 4.69) is 20.2 Å². The number of piperazine rings is 1. The van der Waals surface area contributed by atoms with E-state index in [4.69, 9.17) is 4.74 Å². The summed E-state index contributed by atoms with van der Waals surface area (Å²) < 4.78 is 28.4. The lowest BCUT2D eigenvalue weighted by molar-refractivity contribution is 0.191. The molecular weight excluding hydrogens is 382 g/mol. The normalized spacial score (nSPS) is 21.7. The van der Waals surface area contributed by atoms with Crippen LogP contribution in [0, 0.1) is 0 Å². The predicted molar refractivity (Wildman–Crippen MR) is 105 cm³/mol. The molecule has 0 spiro atoms. The predicted octanol–water partition coefficient (Wildman–Crippen LogP) is 0.657. The van der Waals surface area contributed by atoms with Crippen molar-refractivity contribution in [3.05, 3.63) is 24.5 Å². The first kappa shape index (κ1) is 18.7. The molecule has 0 aliphatic carbocycles. The molecule has 3 heterocycles. The first-order valence-electron chi connectivity index (χ1n) is 9.25. The molecule has 0 radical (unpaired) electrons. The number of nitrogens with one attached hydrogen (secondary N) is 1. The van der Waals surface area contributed by atoms with E-state index in [-0.39, 0.29) is 23.6 Å². The first-order chi connectivity index (χ1) is 13.4. The third kappa shape index (κ3) is 3.82. The molecule has 9 nitrogen and oxygen atoms in total. The molecule has 4 rings (SSSR count). The number of ether oxygens (including phenoxy) is 1. The molecule has 1 unspecified atom stereocenters. The Kier molecular flexibility index (Phi) is 4.96. The minimum atomic E-state index is -3.00. The van der Waals surface area contributed by atoms with Gasteiger partial charge < -0.3 is 19.9 Å². The lowest BCUT2D eigenvalue weighted by Gasteiger charge is -2.36. The van der Waals surface area contributed by atoms with Crippen LogP contribution < -0.4 is 15.0 Å². The summed E-state index contributed by atoms with van der Waals surface area (Å²) in [6, 6.07) is 5.49. The Hall–Kier alpha value is -2.62. The van der Waals surface area contributed by atoms with Crippen molar-refractivity contribution in [2.24, 2.45) is 0 Å². The summed E-state index contributed by atoms with van der Waals surface area (Å²) in [6.45, 7) is 2.54. The Labute approximate surface area is 163 Å². The molecule has 2 aromatic rings. The minimum Gasteiger partial charge on any atom is -0.480 e. The smallest absolute Gasteiger partial charge is 0.317 e. The van der Waals surface area contributed by atoms with Gasteiger partial charge in [-0.1, -0.05) is 0 Å². The van der Waals surface area contributed by atoms with Crippen molar-refractivity contribution in [1.29, 1.82) is 0 Å². The number of carbonyl (C=O) groups excluding carboxylic acids is 1. The van der Waals surface area contributed by atoms with Crippen LogP contribution >= 0.6 is 0 Å². The SMILES string of the molecule is COc1ncnc2ccc(N3CCN(C(=O)NC4CCS(=O)(=O)C4)CC3)cc12. The van der Waals surface area contributed by atoms with Gasteiger partial charge in [-0.3, -0.25) is 0 Å². The molecule has 2 aliphatic heterocycles. The third-order valence-electron chi connectivity index (χ3n) is 5.27. The Morgan fingerprint density at radius 3 is 2.68 bits per heavy atom. The molecule has 1 aromatic heterocycles. The summed E-state index contributed by atoms with van der Waals surface area (Å²) >= 11 is 0. The highest BCUT2D eigenvalue weighted by Gasteiger charge is 2.31. The van der Waals surface area contributed by atoms with Gasteiger partial charge in [0.1, 0.15) is 6.33 Å². The fourth-order valence-electron chi connectivity index (χ4n) is 3.72. The molecule has 0 saturated carbocycles. The van der Waals surface area contributed by atoms with Gasteiger partial charge in [0.15, 0.2) is 9.84 Å². The van der Waals surface area contributed by atoms with Crippen LogP contribution in [0.5, 0.6) is 5.88 Å². The number of anilines is 1. The van der Waals surface area contributed by atoms with E-state index in [9.17, 15) is 13.2 Å². The Morgan fingerprint density at radius 2 is 2.00 bits per heavy atom. The number of urea groups is 1. The third-order valence-corrected chi connectivity index (χ3v) is 7.04. The number of hydrogen-bond donors (Lipinski definition) is 1. The van der Waals surface area contributed by atoms with Crippen LogP contribution in [-0.4, -0.2) is 80.2 Å². The van der Waals surface area contributed by atoms with E-state index in [0.29, 0.717) is 38.5 Å². The van der Waals surface area contributed by atoms with Gasteiger partial charge in [0.2, 0.25) is 5.88 Å². The zero-order valence-corrected chi connectivity index (χ0v) is 16.5. The largest absolute Gasteiger partial charge is 0.480 e. The molecule has 2 fully saturated rings. The lowest BCUT2D eigenvalue weighted by atomic mass is 10.2. The number of nitrogens with zero attached hydrogens (tertiary/aromatic N) is 4. The van der Waals surface area contributed by atoms with E-state index in [1.54, 1.807) is 12.0 Å². The van der Waals surface area contributed by atoms with Gasteiger partial charge in [0, 0.05) is 37.9 Å². The molecule has 2 aliphatic rings. The standard InChI is InChI=1S/C18H23N5O4S/c1-27-17-15-10-14(2-3-16(15)19-12-20-17)22-5-7-23(8-6-22)18(24)21-13-4-9-28(25,26)11-13/h2-3,10,12-13H,4-9,11H2,1H3,(H,21,24). The van der Waals surface area contributed by atoms with Crippen LogP contribution in [0.3, 0.4) is 0 Å². The van der Waals surface area contributed by atoms with Crippen molar-refractivity contribution in [3.63, 3.8) is 0 Å². The summed E-state index contributed by atoms with van der Waals surface area (Å²) in [5, 5.41) is 3.71. The number of methoxy groups -OCH3 is 1. The summed E-state index contributed by atoms with van der Waals surface area (Å²) in [5.74, 6) is 0.733. The molecule has 2 amide bonds. The van der Waals surface area contributed by atoms with Crippen molar-refractivity contribution in [1.82, 2.24) is 20.2 Å². The summed E-state index contributed by atoms with van der Waals surface area (Å²) in [7, 11) is -1.42. The second kappa shape index (κ2) is 7.42. The number of carbonyl (C=O) groups is 1. The average Bonchev–Trinajstić information content (AvgIpc) is 3.05. The van der Waals surface area contributed by atoms with Gasteiger partial charge in [0.05, 0.1) is 29.5 Å². The van der Waals surface area contributed by atoms with E-state index < -0.39 is 9.84 Å². The monoisotopic (exact) mass is 405 g/mol. The number of hydrogen-bond acceptors (Lipinski definition) is 7. The van der Waals surface area contributed by atoms with Crippen LogP contribution in [0.4, 0.5) is 10.5 Å². The maximum atomic E-state index is 12.4. The zero-order valence-electron chi connectivity index (χ0n) is 15.7. The highest BCUT2D eigenvalue weighted by Crippen LogP contribution is 2.27. The van der Waals surface area contributed by atoms with E-state index in [1.165, 1.54) is 6.33 Å². The Morgan fingerprint density at radius 1 is 1.21 bits per heavy atom. The minimum absolute atomic E-state index is 0.0414. The Bertz CT molecular complexity index is 989. The molecule has 150 valence electrons. The van der Waals surface area contributed by atoms with Crippen molar-refractivity contribution in [2.75, 3.05) is 49.7 Å². The van der Waals surface area contributed by atoms with Crippen molar-refractivity contribution in [3.8, 4) is 5.88 Å². The quantitative estimate of drug-likeness (QED) is 0.800. The average molecular weight is 405 g/mol. The van der Waals surface area contributed by atoms with Crippen molar-refractivity contribution >= 4 is 32.5 Å². The Balaban J connectivity index is 1.39. The second-order valence-corrected chi connectivity index (χ2v) is 9.34. The molecule has 10 heteroatoms. The van der Waals surface area contributed by atoms with Gasteiger partial charge in [-0.15, -0.1) is 0 Å². The topological polar surface area (TPSA) is 105 Å². The number of rotatable bonds is 3. The van der Waals surface area contributed by atoms with Crippen LogP contribution in [0.15, 0.2) is 24.5 Å². The van der Waals surface area contributed by atoms with Gasteiger partial charge in [0.25, 0.3) is 0 Å². The van der Waals surface area contributed by atoms with Crippen molar-refractivity contribution < 1.29 is 17.9 Å². The number of fused-ring (bicyclic) bond motifs is 1. The summed E-state index contributed by atoms with van der Waals surface area (Å²) in [4.78, 5) is 24.8. The maximum Gasteiger partial charge on any atom is 0.317 e. The van der Waals surface area contributed by atoms with Crippen LogP contribution in [-0.2, 0) is 9.84 Å². The molecule has 2 saturated heterocycles. The molecule has 0 bridgehead atoms. The maximum absolute atomic E-state index is 12.4. The highest BCUT2D eigenvalue weighted by molar-refractivity contribution is 7.91. The zero-order chi connectivity index (χ0) is 19.7. The van der Waals surface area contributed by atoms with Crippen LogP contribution in [0.1, 0.15) is 6.42 Å². The lowest BCUT2D eigenvalue weighted by Crippen LogP contribution is -2.53. The molecule has 1 N–H and O–H groups in total. The van der Waals surface area contributed by atoms with E-state index in [1.807, 2.05) is 18.2 Å². The second-order valence-electron chi connectivity index (χ2n) is 7.11. The van der Waals surface area contributed by atoms with Gasteiger partial charge >= 0.3 is 6.03 Å². The van der Waals surface area contributed by atoms with Gasteiger partial charge in [-0.25, -0.2) is 23.2 Å². The van der Waals surface area contributed by atoms with Gasteiger partial charge in [-0.2, -0.15) is 0 Å². The van der Waals surface area contributed by atoms with Crippen LogP contribution in [0.25, 0.3) is 10.9 Å². The molecular formula is C18H23N5O4S. The van der Waals surface area contributed by atoms with Crippen LogP contribution in [0.2, 0.25) is 0 Å². The van der Waals surface area contributed by atoms with E-state index >= 15 is 0 Å². The highest BCUT2D eigenvalue weighted by atomic mass is 32.2. The molecule has 1 aromatic carbocycles. The molecule has 28 heavy (non-hydrogen) atoms. The van der Waals surface area contributed by atoms with Gasteiger partial charge in [-0.05, 0) is 24.6 Å². The van der Waals surface area contributed by atoms with Crippen molar-refractivity contribution in [2.45, 2.75) is 12.5 Å². The fourth-order valence-corrected chi connectivity index (χ4v) is 5.40. The first-order valence-corrected chi connectivity index (χ1v) is 11.1. The summed E-state index contributed by atoms with van der Waals surface area (Å²) in [6.07, 6.45) is 1.98.